The smallest absolute Gasteiger partial charge is 0.0544 e. The van der Waals surface area contributed by atoms with Crippen molar-refractivity contribution in [2.75, 3.05) is 5.33 Å². The number of alkyl halides is 1. The molecule has 0 amide bonds. The number of nitrogens with one attached hydrogen (secondary N) is 1. The number of hydrogen-bond donors (Lipinski definition) is 1. The SMILES string of the molecule is Cc1cccc(CNC(C)C(C)CBr)n1. The fraction of sp³-hybridized carbons (Fsp3) is 0.583. The van der Waals surface area contributed by atoms with Crippen molar-refractivity contribution in [1.82, 2.24) is 10.3 Å². The van der Waals surface area contributed by atoms with Crippen LogP contribution in [0.25, 0.3) is 0 Å². The molecule has 1 rings (SSSR count). The maximum Gasteiger partial charge on any atom is 0.0544 e. The van der Waals surface area contributed by atoms with Crippen LogP contribution in [0.15, 0.2) is 18.2 Å². The van der Waals surface area contributed by atoms with Gasteiger partial charge in [-0.25, -0.2) is 0 Å². The molecule has 1 aromatic rings. The first-order chi connectivity index (χ1) is 7.13. The third-order valence-electron chi connectivity index (χ3n) is 2.65. The normalized spacial score (nSPS) is 14.9. The summed E-state index contributed by atoms with van der Waals surface area (Å²) in [5.41, 5.74) is 2.19. The number of halogens is 1. The van der Waals surface area contributed by atoms with Crippen LogP contribution in [0.1, 0.15) is 25.2 Å². The van der Waals surface area contributed by atoms with Crippen molar-refractivity contribution >= 4 is 15.9 Å². The molecule has 1 N–H and O–H groups in total. The van der Waals surface area contributed by atoms with Crippen LogP contribution in [-0.2, 0) is 6.54 Å². The third-order valence-corrected chi connectivity index (χ3v) is 3.67. The van der Waals surface area contributed by atoms with E-state index in [1.165, 1.54) is 0 Å². The fourth-order valence-corrected chi connectivity index (χ4v) is 1.86. The number of pyridine rings is 1. The summed E-state index contributed by atoms with van der Waals surface area (Å²) >= 11 is 3.50. The van der Waals surface area contributed by atoms with Crippen LogP contribution >= 0.6 is 15.9 Å². The molecule has 1 heterocycles. The van der Waals surface area contributed by atoms with Gasteiger partial charge in [0.2, 0.25) is 0 Å². The highest BCUT2D eigenvalue weighted by molar-refractivity contribution is 9.09. The number of aryl methyl sites for hydroxylation is 1. The molecule has 0 aliphatic heterocycles. The van der Waals surface area contributed by atoms with E-state index in [2.05, 4.69) is 52.2 Å². The summed E-state index contributed by atoms with van der Waals surface area (Å²) in [6, 6.07) is 6.64. The summed E-state index contributed by atoms with van der Waals surface area (Å²) in [6.45, 7) is 7.31. The van der Waals surface area contributed by atoms with E-state index in [0.29, 0.717) is 12.0 Å². The predicted molar refractivity (Wildman–Crippen MR) is 68.2 cm³/mol. The van der Waals surface area contributed by atoms with Crippen LogP contribution in [-0.4, -0.2) is 16.4 Å². The Morgan fingerprint density at radius 3 is 2.73 bits per heavy atom. The molecule has 0 bridgehead atoms. The maximum absolute atomic E-state index is 4.46. The molecular formula is C12H19BrN2. The highest BCUT2D eigenvalue weighted by atomic mass is 79.9. The molecule has 0 spiro atoms. The molecule has 2 atom stereocenters. The van der Waals surface area contributed by atoms with E-state index in [0.717, 1.165) is 23.3 Å². The quantitative estimate of drug-likeness (QED) is 0.833. The molecule has 3 heteroatoms. The van der Waals surface area contributed by atoms with Crippen LogP contribution in [0, 0.1) is 12.8 Å². The number of aromatic nitrogens is 1. The van der Waals surface area contributed by atoms with Crippen molar-refractivity contribution in [1.29, 1.82) is 0 Å². The lowest BCUT2D eigenvalue weighted by Crippen LogP contribution is -2.32. The lowest BCUT2D eigenvalue weighted by atomic mass is 10.1. The first-order valence-corrected chi connectivity index (χ1v) is 6.47. The average molecular weight is 271 g/mol. The zero-order valence-electron chi connectivity index (χ0n) is 9.63. The maximum atomic E-state index is 4.46. The van der Waals surface area contributed by atoms with Crippen LogP contribution < -0.4 is 5.32 Å². The lowest BCUT2D eigenvalue weighted by Gasteiger charge is -2.19. The Morgan fingerprint density at radius 1 is 1.40 bits per heavy atom. The lowest BCUT2D eigenvalue weighted by molar-refractivity contribution is 0.431. The predicted octanol–water partition coefficient (Wildman–Crippen LogP) is 2.90. The van der Waals surface area contributed by atoms with E-state index in [1.54, 1.807) is 0 Å². The zero-order chi connectivity index (χ0) is 11.3. The molecule has 2 nitrogen and oxygen atoms in total. The zero-order valence-corrected chi connectivity index (χ0v) is 11.2. The molecule has 0 fully saturated rings. The van der Waals surface area contributed by atoms with Gasteiger partial charge in [-0.3, -0.25) is 4.98 Å². The molecule has 0 saturated carbocycles. The molecule has 15 heavy (non-hydrogen) atoms. The largest absolute Gasteiger partial charge is 0.308 e. The van der Waals surface area contributed by atoms with Crippen LogP contribution in [0.2, 0.25) is 0 Å². The number of nitrogens with zero attached hydrogens (tertiary/aromatic N) is 1. The molecule has 0 radical (unpaired) electrons. The van der Waals surface area contributed by atoms with Crippen LogP contribution in [0.3, 0.4) is 0 Å². The Labute approximate surface area is 101 Å². The summed E-state index contributed by atoms with van der Waals surface area (Å²) < 4.78 is 0. The first-order valence-electron chi connectivity index (χ1n) is 5.35. The van der Waals surface area contributed by atoms with Gasteiger partial charge in [-0.2, -0.15) is 0 Å². The third kappa shape index (κ3) is 4.31. The monoisotopic (exact) mass is 270 g/mol. The minimum atomic E-state index is 0.506. The van der Waals surface area contributed by atoms with Crippen molar-refractivity contribution < 1.29 is 0 Å². The summed E-state index contributed by atoms with van der Waals surface area (Å²) in [5.74, 6) is 0.634. The van der Waals surface area contributed by atoms with Gasteiger partial charge in [-0.15, -0.1) is 0 Å². The second-order valence-corrected chi connectivity index (χ2v) is 4.72. The van der Waals surface area contributed by atoms with Crippen molar-refractivity contribution in [2.24, 2.45) is 5.92 Å². The van der Waals surface area contributed by atoms with E-state index in [9.17, 15) is 0 Å². The Bertz CT molecular complexity index is 301. The molecule has 84 valence electrons. The first kappa shape index (κ1) is 12.7. The molecule has 0 aromatic carbocycles. The van der Waals surface area contributed by atoms with Gasteiger partial charge < -0.3 is 5.32 Å². The highest BCUT2D eigenvalue weighted by Gasteiger charge is 2.09. The molecule has 1 aromatic heterocycles. The highest BCUT2D eigenvalue weighted by Crippen LogP contribution is 2.07. The van der Waals surface area contributed by atoms with Gasteiger partial charge in [0.25, 0.3) is 0 Å². The van der Waals surface area contributed by atoms with Gasteiger partial charge in [-0.1, -0.05) is 28.9 Å². The topological polar surface area (TPSA) is 24.9 Å². The van der Waals surface area contributed by atoms with Gasteiger partial charge in [0, 0.05) is 23.6 Å². The second-order valence-electron chi connectivity index (χ2n) is 4.07. The molecule has 0 aliphatic carbocycles. The van der Waals surface area contributed by atoms with E-state index in [4.69, 9.17) is 0 Å². The fourth-order valence-electron chi connectivity index (χ4n) is 1.30. The van der Waals surface area contributed by atoms with E-state index < -0.39 is 0 Å². The molecular weight excluding hydrogens is 252 g/mol. The van der Waals surface area contributed by atoms with Crippen LogP contribution in [0.5, 0.6) is 0 Å². The average Bonchev–Trinajstić information content (AvgIpc) is 2.25. The minimum absolute atomic E-state index is 0.506. The van der Waals surface area contributed by atoms with E-state index in [1.807, 2.05) is 13.0 Å². The van der Waals surface area contributed by atoms with E-state index >= 15 is 0 Å². The molecule has 0 aliphatic rings. The summed E-state index contributed by atoms with van der Waals surface area (Å²) in [4.78, 5) is 4.46. The Hall–Kier alpha value is -0.410. The number of rotatable bonds is 5. The van der Waals surface area contributed by atoms with Crippen molar-refractivity contribution in [3.8, 4) is 0 Å². The van der Waals surface area contributed by atoms with Gasteiger partial charge in [-0.05, 0) is 31.9 Å². The molecule has 0 saturated heterocycles. The van der Waals surface area contributed by atoms with Gasteiger partial charge >= 0.3 is 0 Å². The van der Waals surface area contributed by atoms with Gasteiger partial charge in [0.15, 0.2) is 0 Å². The summed E-state index contributed by atoms with van der Waals surface area (Å²) in [5, 5.41) is 4.51. The second kappa shape index (κ2) is 6.23. The minimum Gasteiger partial charge on any atom is -0.308 e. The van der Waals surface area contributed by atoms with Gasteiger partial charge in [0.05, 0.1) is 5.69 Å². The van der Waals surface area contributed by atoms with Crippen molar-refractivity contribution in [3.63, 3.8) is 0 Å². The molecule has 2 unspecified atom stereocenters. The van der Waals surface area contributed by atoms with Crippen molar-refractivity contribution in [2.45, 2.75) is 33.4 Å². The number of hydrogen-bond acceptors (Lipinski definition) is 2. The standard InChI is InChI=1S/C12H19BrN2/c1-9(7-13)11(3)14-8-12-6-4-5-10(2)15-12/h4-6,9,11,14H,7-8H2,1-3H3. The Morgan fingerprint density at radius 2 is 2.13 bits per heavy atom. The Balaban J connectivity index is 2.43. The Kier molecular flexibility index (Phi) is 5.26. The van der Waals surface area contributed by atoms with E-state index in [-0.39, 0.29) is 0 Å². The van der Waals surface area contributed by atoms with Gasteiger partial charge in [0.1, 0.15) is 0 Å². The van der Waals surface area contributed by atoms with Crippen molar-refractivity contribution in [3.05, 3.63) is 29.6 Å². The summed E-state index contributed by atoms with van der Waals surface area (Å²) in [7, 11) is 0. The van der Waals surface area contributed by atoms with Crippen LogP contribution in [0.4, 0.5) is 0 Å². The summed E-state index contributed by atoms with van der Waals surface area (Å²) in [6.07, 6.45) is 0.